The third-order valence-corrected chi connectivity index (χ3v) is 4.66. The number of nitrogens with one attached hydrogen (secondary N) is 1. The number of carbonyl (C=O) groups is 3. The van der Waals surface area contributed by atoms with Crippen molar-refractivity contribution >= 4 is 23.3 Å². The summed E-state index contributed by atoms with van der Waals surface area (Å²) in [5.74, 6) is -0.462. The number of benzene rings is 2. The van der Waals surface area contributed by atoms with Gasteiger partial charge in [0.05, 0.1) is 32.0 Å². The lowest BCUT2D eigenvalue weighted by atomic mass is 10.0. The zero-order valence-electron chi connectivity index (χ0n) is 16.5. The number of carbonyl (C=O) groups excluding carboxylic acids is 3. The topological polar surface area (TPSA) is 79.0 Å². The van der Waals surface area contributed by atoms with Crippen LogP contribution >= 0.6 is 0 Å². The largest absolute Gasteiger partial charge is 0.378 e. The van der Waals surface area contributed by atoms with Crippen molar-refractivity contribution < 1.29 is 19.1 Å². The Morgan fingerprint density at radius 2 is 1.62 bits per heavy atom. The first-order chi connectivity index (χ1) is 14.0. The average molecular weight is 395 g/mol. The molecule has 2 aromatic carbocycles. The molecule has 0 spiro atoms. The van der Waals surface area contributed by atoms with Gasteiger partial charge in [-0.05, 0) is 19.2 Å². The third kappa shape index (κ3) is 5.73. The van der Waals surface area contributed by atoms with Crippen molar-refractivity contribution in [2.24, 2.45) is 0 Å². The number of para-hydroxylation sites is 1. The van der Waals surface area contributed by atoms with E-state index in [1.54, 1.807) is 65.4 Å². The molecule has 0 bridgehead atoms. The normalized spacial score (nSPS) is 13.9. The van der Waals surface area contributed by atoms with E-state index in [2.05, 4.69) is 5.32 Å². The number of nitrogens with zero attached hydrogens (tertiary/aromatic N) is 2. The predicted octanol–water partition coefficient (Wildman–Crippen LogP) is 1.65. The first-order valence-corrected chi connectivity index (χ1v) is 9.57. The van der Waals surface area contributed by atoms with Crippen molar-refractivity contribution in [3.05, 3.63) is 65.7 Å². The van der Waals surface area contributed by atoms with Crippen LogP contribution < -0.4 is 5.32 Å². The molecule has 1 saturated heterocycles. The Balaban J connectivity index is 1.59. The zero-order valence-corrected chi connectivity index (χ0v) is 16.5. The fourth-order valence-electron chi connectivity index (χ4n) is 3.17. The first kappa shape index (κ1) is 20.7. The van der Waals surface area contributed by atoms with E-state index in [0.717, 1.165) is 0 Å². The van der Waals surface area contributed by atoms with E-state index in [0.29, 0.717) is 43.1 Å². The Morgan fingerprint density at radius 3 is 2.34 bits per heavy atom. The predicted molar refractivity (Wildman–Crippen MR) is 110 cm³/mol. The third-order valence-electron chi connectivity index (χ3n) is 4.66. The van der Waals surface area contributed by atoms with E-state index >= 15 is 0 Å². The minimum atomic E-state index is -0.282. The highest BCUT2D eigenvalue weighted by atomic mass is 16.5. The smallest absolute Gasteiger partial charge is 0.238 e. The van der Waals surface area contributed by atoms with E-state index < -0.39 is 0 Å². The maximum absolute atomic E-state index is 12.8. The summed E-state index contributed by atoms with van der Waals surface area (Å²) in [5, 5.41) is 2.80. The van der Waals surface area contributed by atoms with Crippen LogP contribution in [0.5, 0.6) is 0 Å². The summed E-state index contributed by atoms with van der Waals surface area (Å²) in [6.07, 6.45) is 0. The van der Waals surface area contributed by atoms with Gasteiger partial charge in [-0.1, -0.05) is 42.5 Å². The van der Waals surface area contributed by atoms with Crippen LogP contribution in [-0.4, -0.2) is 73.8 Å². The average Bonchev–Trinajstić information content (AvgIpc) is 2.74. The van der Waals surface area contributed by atoms with Gasteiger partial charge in [0.15, 0.2) is 5.78 Å². The monoisotopic (exact) mass is 395 g/mol. The Morgan fingerprint density at radius 1 is 0.966 bits per heavy atom. The second-order valence-electron chi connectivity index (χ2n) is 6.95. The van der Waals surface area contributed by atoms with Crippen LogP contribution in [0.3, 0.4) is 0 Å². The number of likely N-dealkylation sites (N-methyl/N-ethyl adjacent to an activating group) is 1. The van der Waals surface area contributed by atoms with Gasteiger partial charge in [-0.15, -0.1) is 0 Å². The molecule has 0 radical (unpaired) electrons. The standard InChI is InChI=1S/C22H25N3O4/c1-24(16-21(27)25-11-13-29-14-12-25)15-20(26)23-19-10-6-5-9-18(19)22(28)17-7-3-2-4-8-17/h2-10H,11-16H2,1H3,(H,23,26). The Bertz CT molecular complexity index is 863. The van der Waals surface area contributed by atoms with E-state index in [1.165, 1.54) is 0 Å². The zero-order chi connectivity index (χ0) is 20.6. The number of ether oxygens (including phenoxy) is 1. The van der Waals surface area contributed by atoms with Crippen molar-refractivity contribution in [2.75, 3.05) is 51.8 Å². The molecule has 152 valence electrons. The van der Waals surface area contributed by atoms with Crippen molar-refractivity contribution in [3.63, 3.8) is 0 Å². The second kappa shape index (κ2) is 9.95. The first-order valence-electron chi connectivity index (χ1n) is 9.57. The molecule has 1 N–H and O–H groups in total. The molecule has 0 aromatic heterocycles. The number of morpholine rings is 1. The summed E-state index contributed by atoms with van der Waals surface area (Å²) >= 11 is 0. The van der Waals surface area contributed by atoms with Gasteiger partial charge < -0.3 is 15.0 Å². The Hall–Kier alpha value is -3.03. The molecule has 0 atom stereocenters. The summed E-state index contributed by atoms with van der Waals surface area (Å²) in [7, 11) is 1.72. The van der Waals surface area contributed by atoms with Crippen LogP contribution in [0.25, 0.3) is 0 Å². The summed E-state index contributed by atoms with van der Waals surface area (Å²) in [6.45, 7) is 2.44. The number of rotatable bonds is 7. The second-order valence-corrected chi connectivity index (χ2v) is 6.95. The van der Waals surface area contributed by atoms with Gasteiger partial charge in [-0.25, -0.2) is 0 Å². The molecule has 7 heteroatoms. The lowest BCUT2D eigenvalue weighted by Crippen LogP contribution is -2.46. The van der Waals surface area contributed by atoms with E-state index in [-0.39, 0.29) is 30.7 Å². The molecule has 1 aliphatic rings. The summed E-state index contributed by atoms with van der Waals surface area (Å²) in [5.41, 5.74) is 1.45. The van der Waals surface area contributed by atoms with Crippen LogP contribution in [-0.2, 0) is 14.3 Å². The summed E-state index contributed by atoms with van der Waals surface area (Å²) in [4.78, 5) is 41.0. The fraction of sp³-hybridized carbons (Fsp3) is 0.318. The summed E-state index contributed by atoms with van der Waals surface area (Å²) in [6, 6.07) is 15.9. The molecule has 0 aliphatic carbocycles. The van der Waals surface area contributed by atoms with Crippen LogP contribution in [0.1, 0.15) is 15.9 Å². The number of amides is 2. The molecule has 0 unspecified atom stereocenters. The van der Waals surface area contributed by atoms with Gasteiger partial charge in [0, 0.05) is 24.2 Å². The molecule has 1 heterocycles. The molecule has 2 aromatic rings. The highest BCUT2D eigenvalue weighted by molar-refractivity contribution is 6.13. The molecule has 29 heavy (non-hydrogen) atoms. The van der Waals surface area contributed by atoms with Gasteiger partial charge in [0.25, 0.3) is 0 Å². The number of ketones is 1. The van der Waals surface area contributed by atoms with E-state index in [9.17, 15) is 14.4 Å². The number of hydrogen-bond donors (Lipinski definition) is 1. The quantitative estimate of drug-likeness (QED) is 0.721. The van der Waals surface area contributed by atoms with Crippen LogP contribution in [0, 0.1) is 0 Å². The maximum atomic E-state index is 12.8. The van der Waals surface area contributed by atoms with Crippen molar-refractivity contribution in [1.82, 2.24) is 9.80 Å². The molecular formula is C22H25N3O4. The highest BCUT2D eigenvalue weighted by Crippen LogP contribution is 2.19. The Labute approximate surface area is 170 Å². The molecule has 1 aliphatic heterocycles. The number of anilines is 1. The summed E-state index contributed by atoms with van der Waals surface area (Å²) < 4.78 is 5.25. The minimum absolute atomic E-state index is 0.0248. The van der Waals surface area contributed by atoms with Crippen molar-refractivity contribution in [3.8, 4) is 0 Å². The number of hydrogen-bond acceptors (Lipinski definition) is 5. The highest BCUT2D eigenvalue weighted by Gasteiger charge is 2.20. The van der Waals surface area contributed by atoms with Gasteiger partial charge >= 0.3 is 0 Å². The molecule has 1 fully saturated rings. The van der Waals surface area contributed by atoms with Gasteiger partial charge in [-0.3, -0.25) is 19.3 Å². The molecule has 3 rings (SSSR count). The van der Waals surface area contributed by atoms with Gasteiger partial charge in [0.2, 0.25) is 11.8 Å². The molecule has 2 amide bonds. The molecular weight excluding hydrogens is 370 g/mol. The minimum Gasteiger partial charge on any atom is -0.378 e. The van der Waals surface area contributed by atoms with Crippen molar-refractivity contribution in [1.29, 1.82) is 0 Å². The molecule has 7 nitrogen and oxygen atoms in total. The lowest BCUT2D eigenvalue weighted by Gasteiger charge is -2.28. The fourth-order valence-corrected chi connectivity index (χ4v) is 3.17. The Kier molecular flexibility index (Phi) is 7.10. The molecule has 0 saturated carbocycles. The lowest BCUT2D eigenvalue weighted by molar-refractivity contribution is -0.136. The van der Waals surface area contributed by atoms with Gasteiger partial charge in [-0.2, -0.15) is 0 Å². The van der Waals surface area contributed by atoms with Crippen molar-refractivity contribution in [2.45, 2.75) is 0 Å². The van der Waals surface area contributed by atoms with Crippen LogP contribution in [0.4, 0.5) is 5.69 Å². The SMILES string of the molecule is CN(CC(=O)Nc1ccccc1C(=O)c1ccccc1)CC(=O)N1CCOCC1. The maximum Gasteiger partial charge on any atom is 0.238 e. The van der Waals surface area contributed by atoms with Crippen LogP contribution in [0.15, 0.2) is 54.6 Å². The van der Waals surface area contributed by atoms with E-state index in [1.807, 2.05) is 6.07 Å². The van der Waals surface area contributed by atoms with Gasteiger partial charge in [0.1, 0.15) is 0 Å². The van der Waals surface area contributed by atoms with Crippen LogP contribution in [0.2, 0.25) is 0 Å². The van der Waals surface area contributed by atoms with E-state index in [4.69, 9.17) is 4.74 Å².